The molecule has 1 unspecified atom stereocenters. The molecule has 2 aromatic rings. The first-order chi connectivity index (χ1) is 13.0. The van der Waals surface area contributed by atoms with Crippen LogP contribution in [0.5, 0.6) is 5.75 Å². The summed E-state index contributed by atoms with van der Waals surface area (Å²) in [5.41, 5.74) is 1.17. The van der Waals surface area contributed by atoms with Gasteiger partial charge in [0.15, 0.2) is 18.3 Å². The standard InChI is InChI=1S/C20H14ClNO5/c1-26-14-6-2-4-12(10-14)5-3-9-27-20(25)17-18(23)15-8-7-13(21)11-16(15)22-19(17)24/h2,4,6-8,10-11,17H,9H2,1H3,(H,22,24). The van der Waals surface area contributed by atoms with E-state index in [0.717, 1.165) is 0 Å². The molecular formula is C20H14ClNO5. The van der Waals surface area contributed by atoms with E-state index in [1.165, 1.54) is 18.2 Å². The van der Waals surface area contributed by atoms with Gasteiger partial charge < -0.3 is 14.8 Å². The minimum absolute atomic E-state index is 0.211. The van der Waals surface area contributed by atoms with Crippen molar-refractivity contribution in [1.82, 2.24) is 0 Å². The van der Waals surface area contributed by atoms with Crippen LogP contribution in [0.4, 0.5) is 5.69 Å². The number of nitrogens with one attached hydrogen (secondary N) is 1. The van der Waals surface area contributed by atoms with Gasteiger partial charge in [0.1, 0.15) is 5.75 Å². The van der Waals surface area contributed by atoms with Gasteiger partial charge in [0.2, 0.25) is 5.91 Å². The second kappa shape index (κ2) is 7.94. The first-order valence-corrected chi connectivity index (χ1v) is 8.31. The molecule has 27 heavy (non-hydrogen) atoms. The van der Waals surface area contributed by atoms with E-state index in [-0.39, 0.29) is 17.9 Å². The smallest absolute Gasteiger partial charge is 0.327 e. The molecule has 136 valence electrons. The van der Waals surface area contributed by atoms with Crippen LogP contribution in [0.15, 0.2) is 42.5 Å². The lowest BCUT2D eigenvalue weighted by Crippen LogP contribution is -2.41. The highest BCUT2D eigenvalue weighted by atomic mass is 35.5. The maximum Gasteiger partial charge on any atom is 0.327 e. The quantitative estimate of drug-likeness (QED) is 0.500. The number of carbonyl (C=O) groups excluding carboxylic acids is 3. The number of esters is 1. The highest BCUT2D eigenvalue weighted by molar-refractivity contribution is 6.33. The predicted molar refractivity (Wildman–Crippen MR) is 98.7 cm³/mol. The number of hydrogen-bond acceptors (Lipinski definition) is 5. The molecule has 1 aliphatic heterocycles. The molecular weight excluding hydrogens is 370 g/mol. The Bertz CT molecular complexity index is 989. The van der Waals surface area contributed by atoms with E-state index in [4.69, 9.17) is 21.1 Å². The van der Waals surface area contributed by atoms with E-state index in [1.54, 1.807) is 31.4 Å². The number of rotatable bonds is 3. The zero-order chi connectivity index (χ0) is 19.4. The second-order valence-corrected chi connectivity index (χ2v) is 6.05. The lowest BCUT2D eigenvalue weighted by molar-refractivity contribution is -0.148. The molecule has 3 rings (SSSR count). The molecule has 0 radical (unpaired) electrons. The van der Waals surface area contributed by atoms with Gasteiger partial charge in [-0.2, -0.15) is 0 Å². The van der Waals surface area contributed by atoms with Crippen LogP contribution in [-0.2, 0) is 14.3 Å². The maximum atomic E-state index is 12.4. The first kappa shape index (κ1) is 18.5. The van der Waals surface area contributed by atoms with Gasteiger partial charge in [-0.25, -0.2) is 0 Å². The Morgan fingerprint density at radius 2 is 2.04 bits per heavy atom. The van der Waals surface area contributed by atoms with Gasteiger partial charge in [-0.1, -0.05) is 29.5 Å². The van der Waals surface area contributed by atoms with Crippen LogP contribution in [0.1, 0.15) is 15.9 Å². The molecule has 7 heteroatoms. The van der Waals surface area contributed by atoms with Crippen molar-refractivity contribution in [3.05, 3.63) is 58.6 Å². The summed E-state index contributed by atoms with van der Waals surface area (Å²) in [6.07, 6.45) is 0. The number of fused-ring (bicyclic) bond motifs is 1. The van der Waals surface area contributed by atoms with Gasteiger partial charge in [-0.15, -0.1) is 0 Å². The number of ether oxygens (including phenoxy) is 2. The van der Waals surface area contributed by atoms with Crippen molar-refractivity contribution in [2.45, 2.75) is 0 Å². The summed E-state index contributed by atoms with van der Waals surface area (Å²) in [4.78, 5) is 36.8. The van der Waals surface area contributed by atoms with Crippen LogP contribution in [-0.4, -0.2) is 31.4 Å². The summed E-state index contributed by atoms with van der Waals surface area (Å²) in [6.45, 7) is -0.249. The SMILES string of the molecule is COc1cccc(C#CCOC(=O)C2C(=O)Nc3cc(Cl)ccc3C2=O)c1. The highest BCUT2D eigenvalue weighted by Crippen LogP contribution is 2.28. The number of benzene rings is 2. The van der Waals surface area contributed by atoms with Crippen molar-refractivity contribution in [3.8, 4) is 17.6 Å². The van der Waals surface area contributed by atoms with Crippen LogP contribution in [0.2, 0.25) is 5.02 Å². The molecule has 0 spiro atoms. The van der Waals surface area contributed by atoms with Crippen molar-refractivity contribution in [2.75, 3.05) is 19.0 Å². The van der Waals surface area contributed by atoms with E-state index in [9.17, 15) is 14.4 Å². The number of halogens is 1. The van der Waals surface area contributed by atoms with E-state index in [1.807, 2.05) is 0 Å². The zero-order valence-electron chi connectivity index (χ0n) is 14.2. The van der Waals surface area contributed by atoms with Crippen LogP contribution < -0.4 is 10.1 Å². The number of anilines is 1. The molecule has 0 aliphatic carbocycles. The summed E-state index contributed by atoms with van der Waals surface area (Å²) >= 11 is 5.85. The lowest BCUT2D eigenvalue weighted by atomic mass is 9.92. The Labute approximate surface area is 160 Å². The number of Topliss-reactive ketones (excluding diaryl/α,β-unsaturated/α-hetero) is 1. The molecule has 0 saturated heterocycles. The largest absolute Gasteiger partial charge is 0.497 e. The second-order valence-electron chi connectivity index (χ2n) is 5.62. The predicted octanol–water partition coefficient (Wildman–Crippen LogP) is 2.69. The average Bonchev–Trinajstić information content (AvgIpc) is 2.65. The molecule has 1 heterocycles. The molecule has 0 bridgehead atoms. The molecule has 6 nitrogen and oxygen atoms in total. The summed E-state index contributed by atoms with van der Waals surface area (Å²) < 4.78 is 10.1. The average molecular weight is 384 g/mol. The molecule has 0 fully saturated rings. The third kappa shape index (κ3) is 4.10. The summed E-state index contributed by atoms with van der Waals surface area (Å²) in [6, 6.07) is 11.5. The van der Waals surface area contributed by atoms with E-state index >= 15 is 0 Å². The van der Waals surface area contributed by atoms with Gasteiger partial charge in [0.05, 0.1) is 12.8 Å². The van der Waals surface area contributed by atoms with Crippen LogP contribution in [0.3, 0.4) is 0 Å². The Balaban J connectivity index is 1.66. The van der Waals surface area contributed by atoms with Gasteiger partial charge in [-0.05, 0) is 36.4 Å². The molecule has 0 aromatic heterocycles. The zero-order valence-corrected chi connectivity index (χ0v) is 15.0. The van der Waals surface area contributed by atoms with E-state index in [2.05, 4.69) is 17.2 Å². The van der Waals surface area contributed by atoms with Gasteiger partial charge in [0, 0.05) is 16.1 Å². The molecule has 2 aromatic carbocycles. The number of carbonyl (C=O) groups is 3. The maximum absolute atomic E-state index is 12.4. The molecule has 1 aliphatic rings. The molecule has 1 amide bonds. The highest BCUT2D eigenvalue weighted by Gasteiger charge is 2.40. The minimum atomic E-state index is -1.56. The Morgan fingerprint density at radius 1 is 1.22 bits per heavy atom. The third-order valence-electron chi connectivity index (χ3n) is 3.85. The fraction of sp³-hybridized carbons (Fsp3) is 0.150. The van der Waals surface area contributed by atoms with Crippen LogP contribution >= 0.6 is 11.6 Å². The van der Waals surface area contributed by atoms with Crippen LogP contribution in [0, 0.1) is 17.8 Å². The Kier molecular flexibility index (Phi) is 5.43. The van der Waals surface area contributed by atoms with Crippen molar-refractivity contribution in [1.29, 1.82) is 0 Å². The summed E-state index contributed by atoms with van der Waals surface area (Å²) in [5.74, 6) is 2.26. The fourth-order valence-corrected chi connectivity index (χ4v) is 2.73. The summed E-state index contributed by atoms with van der Waals surface area (Å²) in [7, 11) is 1.55. The van der Waals surface area contributed by atoms with Gasteiger partial charge >= 0.3 is 5.97 Å². The molecule has 1 N–H and O–H groups in total. The fourth-order valence-electron chi connectivity index (χ4n) is 2.56. The Hall–Kier alpha value is -3.30. The normalized spacial score (nSPS) is 15.1. The van der Waals surface area contributed by atoms with E-state index < -0.39 is 23.6 Å². The number of hydrogen-bond donors (Lipinski definition) is 1. The van der Waals surface area contributed by atoms with Crippen molar-refractivity contribution >= 4 is 34.9 Å². The van der Waals surface area contributed by atoms with Gasteiger partial charge in [-0.3, -0.25) is 14.4 Å². The third-order valence-corrected chi connectivity index (χ3v) is 4.09. The minimum Gasteiger partial charge on any atom is -0.497 e. The molecule has 1 atom stereocenters. The number of methoxy groups -OCH3 is 1. The lowest BCUT2D eigenvalue weighted by Gasteiger charge is -2.22. The first-order valence-electron chi connectivity index (χ1n) is 7.94. The Morgan fingerprint density at radius 3 is 2.81 bits per heavy atom. The summed E-state index contributed by atoms with van der Waals surface area (Å²) in [5, 5.41) is 2.87. The topological polar surface area (TPSA) is 81.7 Å². The monoisotopic (exact) mass is 383 g/mol. The number of ketones is 1. The molecule has 0 saturated carbocycles. The number of amides is 1. The van der Waals surface area contributed by atoms with Gasteiger partial charge in [0.25, 0.3) is 0 Å². The van der Waals surface area contributed by atoms with E-state index in [0.29, 0.717) is 16.3 Å². The van der Waals surface area contributed by atoms with Crippen molar-refractivity contribution < 1.29 is 23.9 Å². The van der Waals surface area contributed by atoms with Crippen LogP contribution in [0.25, 0.3) is 0 Å². The van der Waals surface area contributed by atoms with Crippen molar-refractivity contribution in [3.63, 3.8) is 0 Å². The van der Waals surface area contributed by atoms with Crippen molar-refractivity contribution in [2.24, 2.45) is 5.92 Å².